The number of hydrogen-bond donors (Lipinski definition) is 2. The van der Waals surface area contributed by atoms with Crippen LogP contribution >= 0.6 is 0 Å². The first-order valence-corrected chi connectivity index (χ1v) is 2.17. The van der Waals surface area contributed by atoms with Gasteiger partial charge in [0.1, 0.15) is 0 Å². The third kappa shape index (κ3) is 5.32. The molecule has 40 valence electrons. The SMILES string of the molecule is CC#CNCCO. The Bertz CT molecular complexity index is 79.8. The summed E-state index contributed by atoms with van der Waals surface area (Å²) in [7, 11) is 0. The Morgan fingerprint density at radius 2 is 2.43 bits per heavy atom. The smallest absolute Gasteiger partial charge is 0.0611 e. The van der Waals surface area contributed by atoms with Crippen molar-refractivity contribution in [2.45, 2.75) is 6.92 Å². The summed E-state index contributed by atoms with van der Waals surface area (Å²) >= 11 is 0. The van der Waals surface area contributed by atoms with Crippen molar-refractivity contribution in [1.82, 2.24) is 5.32 Å². The fraction of sp³-hybridized carbons (Fsp3) is 0.600. The van der Waals surface area contributed by atoms with E-state index < -0.39 is 0 Å². The highest BCUT2D eigenvalue weighted by Gasteiger charge is 1.69. The molecule has 0 spiro atoms. The van der Waals surface area contributed by atoms with Gasteiger partial charge in [-0.1, -0.05) is 5.92 Å². The number of nitrogens with one attached hydrogen (secondary N) is 1. The maximum atomic E-state index is 8.16. The molecule has 0 heterocycles. The molecule has 0 aromatic carbocycles. The molecule has 0 unspecified atom stereocenters. The second-order valence-corrected chi connectivity index (χ2v) is 1.03. The zero-order chi connectivity index (χ0) is 5.54. The summed E-state index contributed by atoms with van der Waals surface area (Å²) in [5.74, 6) is 2.63. The molecule has 0 fully saturated rings. The Labute approximate surface area is 43.5 Å². The molecule has 7 heavy (non-hydrogen) atoms. The van der Waals surface area contributed by atoms with E-state index in [4.69, 9.17) is 5.11 Å². The van der Waals surface area contributed by atoms with Gasteiger partial charge in [-0.25, -0.2) is 0 Å². The molecule has 0 aliphatic carbocycles. The maximum absolute atomic E-state index is 8.16. The first-order valence-electron chi connectivity index (χ1n) is 2.17. The van der Waals surface area contributed by atoms with Gasteiger partial charge in [0.15, 0.2) is 0 Å². The van der Waals surface area contributed by atoms with Crippen LogP contribution in [0.2, 0.25) is 0 Å². The normalized spacial score (nSPS) is 6.57. The number of hydrogen-bond acceptors (Lipinski definition) is 2. The van der Waals surface area contributed by atoms with E-state index in [0.717, 1.165) is 0 Å². The molecule has 0 saturated heterocycles. The van der Waals surface area contributed by atoms with E-state index in [9.17, 15) is 0 Å². The van der Waals surface area contributed by atoms with Crippen molar-refractivity contribution in [2.24, 2.45) is 0 Å². The van der Waals surface area contributed by atoms with Crippen molar-refractivity contribution in [3.8, 4) is 12.0 Å². The molecule has 0 radical (unpaired) electrons. The maximum Gasteiger partial charge on any atom is 0.0611 e. The number of rotatable bonds is 2. The van der Waals surface area contributed by atoms with E-state index in [2.05, 4.69) is 17.3 Å². The fourth-order valence-corrected chi connectivity index (χ4v) is 0.207. The molecular weight excluding hydrogens is 90.1 g/mol. The van der Waals surface area contributed by atoms with Gasteiger partial charge in [0.25, 0.3) is 0 Å². The lowest BCUT2D eigenvalue weighted by Gasteiger charge is -1.87. The predicted octanol–water partition coefficient (Wildman–Crippen LogP) is -0.451. The van der Waals surface area contributed by atoms with Gasteiger partial charge in [-0.15, -0.1) is 0 Å². The molecule has 0 amide bonds. The third-order valence-electron chi connectivity index (χ3n) is 0.450. The Hall–Kier alpha value is -0.680. The van der Waals surface area contributed by atoms with E-state index in [1.54, 1.807) is 6.92 Å². The standard InChI is InChI=1S/C5H9NO/c1-2-3-6-4-5-7/h6-7H,4-5H2,1H3. The largest absolute Gasteiger partial charge is 0.395 e. The number of aliphatic hydroxyl groups excluding tert-OH is 1. The highest BCUT2D eigenvalue weighted by Crippen LogP contribution is 1.49. The van der Waals surface area contributed by atoms with Gasteiger partial charge in [0.05, 0.1) is 6.61 Å². The van der Waals surface area contributed by atoms with Gasteiger partial charge in [0, 0.05) is 12.6 Å². The minimum atomic E-state index is 0.147. The average molecular weight is 99.1 g/mol. The van der Waals surface area contributed by atoms with Gasteiger partial charge in [-0.3, -0.25) is 0 Å². The summed E-state index contributed by atoms with van der Waals surface area (Å²) in [4.78, 5) is 0. The summed E-state index contributed by atoms with van der Waals surface area (Å²) in [5, 5.41) is 10.8. The average Bonchev–Trinajstić information content (AvgIpc) is 1.69. The van der Waals surface area contributed by atoms with Gasteiger partial charge in [-0.2, -0.15) is 0 Å². The van der Waals surface area contributed by atoms with Crippen LogP contribution in [0.25, 0.3) is 0 Å². The zero-order valence-corrected chi connectivity index (χ0v) is 4.36. The van der Waals surface area contributed by atoms with Crippen molar-refractivity contribution >= 4 is 0 Å². The van der Waals surface area contributed by atoms with Crippen LogP contribution in [0.15, 0.2) is 0 Å². The molecule has 0 aliphatic rings. The highest BCUT2D eigenvalue weighted by atomic mass is 16.3. The molecule has 0 aliphatic heterocycles. The third-order valence-corrected chi connectivity index (χ3v) is 0.450. The van der Waals surface area contributed by atoms with Gasteiger partial charge in [0.2, 0.25) is 0 Å². The summed E-state index contributed by atoms with van der Waals surface area (Å²) < 4.78 is 0. The molecule has 2 N–H and O–H groups in total. The van der Waals surface area contributed by atoms with Crippen LogP contribution in [0.5, 0.6) is 0 Å². The lowest BCUT2D eigenvalue weighted by atomic mass is 10.7. The van der Waals surface area contributed by atoms with Crippen molar-refractivity contribution in [1.29, 1.82) is 0 Å². The molecule has 0 atom stereocenters. The van der Waals surface area contributed by atoms with Crippen LogP contribution in [-0.4, -0.2) is 18.3 Å². The van der Waals surface area contributed by atoms with Crippen molar-refractivity contribution in [2.75, 3.05) is 13.2 Å². The topological polar surface area (TPSA) is 32.3 Å². The lowest BCUT2D eigenvalue weighted by molar-refractivity contribution is 0.299. The van der Waals surface area contributed by atoms with Crippen LogP contribution in [0, 0.1) is 12.0 Å². The molecule has 0 aromatic heterocycles. The predicted molar refractivity (Wildman–Crippen MR) is 28.5 cm³/mol. The van der Waals surface area contributed by atoms with Crippen LogP contribution in [0.4, 0.5) is 0 Å². The minimum absolute atomic E-state index is 0.147. The minimum Gasteiger partial charge on any atom is -0.395 e. The van der Waals surface area contributed by atoms with E-state index in [0.29, 0.717) is 6.54 Å². The quantitative estimate of drug-likeness (QED) is 0.279. The summed E-state index contributed by atoms with van der Waals surface area (Å²) in [6.07, 6.45) is 0. The molecule has 2 heteroatoms. The molecule has 0 bridgehead atoms. The Morgan fingerprint density at radius 3 is 2.86 bits per heavy atom. The number of aliphatic hydroxyl groups is 1. The first-order chi connectivity index (χ1) is 3.41. The van der Waals surface area contributed by atoms with E-state index in [1.807, 2.05) is 0 Å². The van der Waals surface area contributed by atoms with Gasteiger partial charge in [-0.05, 0) is 6.92 Å². The van der Waals surface area contributed by atoms with E-state index >= 15 is 0 Å². The highest BCUT2D eigenvalue weighted by molar-refractivity contribution is 4.91. The van der Waals surface area contributed by atoms with Gasteiger partial charge < -0.3 is 10.4 Å². The zero-order valence-electron chi connectivity index (χ0n) is 4.36. The van der Waals surface area contributed by atoms with E-state index in [-0.39, 0.29) is 6.61 Å². The second kappa shape index (κ2) is 5.32. The summed E-state index contributed by atoms with van der Waals surface area (Å²) in [6, 6.07) is 2.59. The molecule has 0 saturated carbocycles. The summed E-state index contributed by atoms with van der Waals surface area (Å²) in [6.45, 7) is 2.44. The molecular formula is C5H9NO. The Kier molecular flexibility index (Phi) is 4.80. The van der Waals surface area contributed by atoms with Crippen LogP contribution in [-0.2, 0) is 0 Å². The second-order valence-electron chi connectivity index (χ2n) is 1.03. The first kappa shape index (κ1) is 6.32. The lowest BCUT2D eigenvalue weighted by Crippen LogP contribution is -2.10. The van der Waals surface area contributed by atoms with Crippen LogP contribution in [0.1, 0.15) is 6.92 Å². The van der Waals surface area contributed by atoms with Crippen molar-refractivity contribution in [3.63, 3.8) is 0 Å². The van der Waals surface area contributed by atoms with Gasteiger partial charge >= 0.3 is 0 Å². The summed E-state index contributed by atoms with van der Waals surface area (Å²) in [5.41, 5.74) is 0. The Morgan fingerprint density at radius 1 is 1.71 bits per heavy atom. The fourth-order valence-electron chi connectivity index (χ4n) is 0.207. The van der Waals surface area contributed by atoms with Crippen LogP contribution < -0.4 is 5.32 Å². The van der Waals surface area contributed by atoms with Crippen LogP contribution in [0.3, 0.4) is 0 Å². The molecule has 0 aromatic rings. The van der Waals surface area contributed by atoms with E-state index in [1.165, 1.54) is 0 Å². The Balaban J connectivity index is 2.78. The van der Waals surface area contributed by atoms with Crippen molar-refractivity contribution < 1.29 is 5.11 Å². The molecule has 0 rings (SSSR count). The molecule has 2 nitrogen and oxygen atoms in total. The van der Waals surface area contributed by atoms with Crippen molar-refractivity contribution in [3.05, 3.63) is 0 Å². The monoisotopic (exact) mass is 99.1 g/mol.